The van der Waals surface area contributed by atoms with E-state index in [0.717, 1.165) is 0 Å². The molecule has 2 amide bonds. The Bertz CT molecular complexity index is 487. The Morgan fingerprint density at radius 3 is 2.65 bits per heavy atom. The molecule has 0 aliphatic carbocycles. The fourth-order valence-corrected chi connectivity index (χ4v) is 2.57. The van der Waals surface area contributed by atoms with E-state index < -0.39 is 0 Å². The van der Waals surface area contributed by atoms with E-state index in [1.54, 1.807) is 18.2 Å². The number of halogens is 1. The molecular weight excluding hydrogens is 284 g/mol. The Labute approximate surface area is 108 Å². The second kappa shape index (κ2) is 4.58. The number of benzene rings is 1. The molecule has 0 saturated carbocycles. The van der Waals surface area contributed by atoms with Crippen LogP contribution in [0.2, 0.25) is 0 Å². The van der Waals surface area contributed by atoms with E-state index in [0.29, 0.717) is 28.6 Å². The summed E-state index contributed by atoms with van der Waals surface area (Å²) in [5.74, 6) is -0.467. The summed E-state index contributed by atoms with van der Waals surface area (Å²) in [7, 11) is 0. The molecular formula is C12H13BrN2O2. The van der Waals surface area contributed by atoms with Crippen LogP contribution in [0.15, 0.2) is 22.7 Å². The Balaban J connectivity index is 2.42. The van der Waals surface area contributed by atoms with Gasteiger partial charge in [-0.05, 0) is 48.0 Å². The molecule has 4 nitrogen and oxygen atoms in total. The third kappa shape index (κ3) is 1.89. The van der Waals surface area contributed by atoms with Gasteiger partial charge in [0.1, 0.15) is 0 Å². The highest BCUT2D eigenvalue weighted by Crippen LogP contribution is 2.30. The molecule has 0 fully saturated rings. The van der Waals surface area contributed by atoms with Crippen molar-refractivity contribution < 1.29 is 9.59 Å². The van der Waals surface area contributed by atoms with Crippen LogP contribution in [0.5, 0.6) is 0 Å². The lowest BCUT2D eigenvalue weighted by atomic mass is 10.1. The van der Waals surface area contributed by atoms with Crippen molar-refractivity contribution in [3.8, 4) is 0 Å². The van der Waals surface area contributed by atoms with Gasteiger partial charge in [-0.25, -0.2) is 0 Å². The first-order valence-electron chi connectivity index (χ1n) is 5.44. The first kappa shape index (κ1) is 12.3. The molecule has 0 aromatic heterocycles. The largest absolute Gasteiger partial charge is 0.330 e. The molecule has 1 aromatic rings. The van der Waals surface area contributed by atoms with Crippen molar-refractivity contribution in [1.29, 1.82) is 0 Å². The lowest BCUT2D eigenvalue weighted by molar-refractivity contribution is 0.0592. The van der Waals surface area contributed by atoms with Crippen molar-refractivity contribution in [2.45, 2.75) is 19.4 Å². The molecule has 1 aromatic carbocycles. The van der Waals surface area contributed by atoms with Crippen LogP contribution in [-0.4, -0.2) is 29.3 Å². The SMILES string of the molecule is CC(CCN)N1C(=O)c2cccc(Br)c2C1=O. The number of hydrogen-bond donors (Lipinski definition) is 1. The summed E-state index contributed by atoms with van der Waals surface area (Å²) in [6.45, 7) is 2.29. The highest BCUT2D eigenvalue weighted by molar-refractivity contribution is 9.10. The summed E-state index contributed by atoms with van der Waals surface area (Å²) in [4.78, 5) is 25.6. The fourth-order valence-electron chi connectivity index (χ4n) is 2.03. The van der Waals surface area contributed by atoms with E-state index >= 15 is 0 Å². The zero-order valence-electron chi connectivity index (χ0n) is 9.44. The fraction of sp³-hybridized carbons (Fsp3) is 0.333. The van der Waals surface area contributed by atoms with Gasteiger partial charge < -0.3 is 5.73 Å². The number of carbonyl (C=O) groups is 2. The van der Waals surface area contributed by atoms with Crippen molar-refractivity contribution in [3.63, 3.8) is 0 Å². The summed E-state index contributed by atoms with van der Waals surface area (Å²) in [5.41, 5.74) is 6.39. The van der Waals surface area contributed by atoms with E-state index in [-0.39, 0.29) is 17.9 Å². The quantitative estimate of drug-likeness (QED) is 0.865. The molecule has 90 valence electrons. The molecule has 17 heavy (non-hydrogen) atoms. The number of hydrogen-bond acceptors (Lipinski definition) is 3. The van der Waals surface area contributed by atoms with Gasteiger partial charge in [0.05, 0.1) is 11.1 Å². The molecule has 1 aliphatic rings. The van der Waals surface area contributed by atoms with E-state index in [1.807, 2.05) is 6.92 Å². The zero-order chi connectivity index (χ0) is 12.6. The first-order valence-corrected chi connectivity index (χ1v) is 6.23. The molecule has 1 aliphatic heterocycles. The molecule has 0 spiro atoms. The van der Waals surface area contributed by atoms with Gasteiger partial charge in [-0.1, -0.05) is 6.07 Å². The number of nitrogens with two attached hydrogens (primary N) is 1. The van der Waals surface area contributed by atoms with Gasteiger partial charge in [0.25, 0.3) is 11.8 Å². The molecule has 0 saturated heterocycles. The topological polar surface area (TPSA) is 63.4 Å². The molecule has 5 heteroatoms. The maximum Gasteiger partial charge on any atom is 0.262 e. The highest BCUT2D eigenvalue weighted by atomic mass is 79.9. The van der Waals surface area contributed by atoms with E-state index in [4.69, 9.17) is 5.73 Å². The number of fused-ring (bicyclic) bond motifs is 1. The van der Waals surface area contributed by atoms with E-state index in [2.05, 4.69) is 15.9 Å². The predicted molar refractivity (Wildman–Crippen MR) is 67.8 cm³/mol. The number of nitrogens with zero attached hydrogens (tertiary/aromatic N) is 1. The number of amides is 2. The van der Waals surface area contributed by atoms with Crippen LogP contribution in [-0.2, 0) is 0 Å². The second-order valence-corrected chi connectivity index (χ2v) is 4.92. The highest BCUT2D eigenvalue weighted by Gasteiger charge is 2.39. The number of carbonyl (C=O) groups excluding carboxylic acids is 2. The molecule has 1 atom stereocenters. The first-order chi connectivity index (χ1) is 8.07. The maximum absolute atomic E-state index is 12.2. The lowest BCUT2D eigenvalue weighted by Gasteiger charge is -2.21. The van der Waals surface area contributed by atoms with Crippen LogP contribution in [0.4, 0.5) is 0 Å². The molecule has 2 rings (SSSR count). The average molecular weight is 297 g/mol. The van der Waals surface area contributed by atoms with Crippen LogP contribution in [0.25, 0.3) is 0 Å². The van der Waals surface area contributed by atoms with Crippen LogP contribution >= 0.6 is 15.9 Å². The summed E-state index contributed by atoms with van der Waals surface area (Å²) in [6, 6.07) is 5.03. The van der Waals surface area contributed by atoms with Gasteiger partial charge in [-0.2, -0.15) is 0 Å². The Kier molecular flexibility index (Phi) is 3.31. The van der Waals surface area contributed by atoms with Crippen molar-refractivity contribution in [2.24, 2.45) is 5.73 Å². The van der Waals surface area contributed by atoms with Gasteiger partial charge in [0.2, 0.25) is 0 Å². The normalized spacial score (nSPS) is 16.3. The summed E-state index contributed by atoms with van der Waals surface area (Å²) in [5, 5.41) is 0. The molecule has 2 N–H and O–H groups in total. The minimum Gasteiger partial charge on any atom is -0.330 e. The summed E-state index contributed by atoms with van der Waals surface area (Å²) < 4.78 is 0.663. The van der Waals surface area contributed by atoms with Gasteiger partial charge in [0.15, 0.2) is 0 Å². The molecule has 0 bridgehead atoms. The Morgan fingerprint density at radius 2 is 2.06 bits per heavy atom. The summed E-state index contributed by atoms with van der Waals surface area (Å²) in [6.07, 6.45) is 0.614. The Morgan fingerprint density at radius 1 is 1.35 bits per heavy atom. The minimum atomic E-state index is -0.238. The smallest absolute Gasteiger partial charge is 0.262 e. The number of rotatable bonds is 3. The molecule has 0 radical (unpaired) electrons. The number of imide groups is 1. The predicted octanol–water partition coefficient (Wildman–Crippen LogP) is 1.78. The Hall–Kier alpha value is -1.20. The molecule has 1 unspecified atom stereocenters. The second-order valence-electron chi connectivity index (χ2n) is 4.07. The van der Waals surface area contributed by atoms with E-state index in [9.17, 15) is 9.59 Å². The third-order valence-corrected chi connectivity index (χ3v) is 3.58. The van der Waals surface area contributed by atoms with E-state index in [1.165, 1.54) is 4.90 Å². The zero-order valence-corrected chi connectivity index (χ0v) is 11.0. The van der Waals surface area contributed by atoms with Crippen molar-refractivity contribution in [1.82, 2.24) is 4.90 Å². The van der Waals surface area contributed by atoms with Crippen LogP contribution in [0.3, 0.4) is 0 Å². The standard InChI is InChI=1S/C12H13BrN2O2/c1-7(5-6-14)15-11(16)8-3-2-4-9(13)10(8)12(15)17/h2-4,7H,5-6,14H2,1H3. The minimum absolute atomic E-state index is 0.167. The van der Waals surface area contributed by atoms with Gasteiger partial charge in [-0.3, -0.25) is 14.5 Å². The van der Waals surface area contributed by atoms with Crippen molar-refractivity contribution >= 4 is 27.7 Å². The van der Waals surface area contributed by atoms with Crippen LogP contribution in [0, 0.1) is 0 Å². The monoisotopic (exact) mass is 296 g/mol. The van der Waals surface area contributed by atoms with Crippen molar-refractivity contribution in [2.75, 3.05) is 6.54 Å². The van der Waals surface area contributed by atoms with Gasteiger partial charge >= 0.3 is 0 Å². The average Bonchev–Trinajstić information content (AvgIpc) is 2.53. The maximum atomic E-state index is 12.2. The summed E-state index contributed by atoms with van der Waals surface area (Å²) >= 11 is 3.31. The van der Waals surface area contributed by atoms with Gasteiger partial charge in [0, 0.05) is 10.5 Å². The van der Waals surface area contributed by atoms with Crippen molar-refractivity contribution in [3.05, 3.63) is 33.8 Å². The van der Waals surface area contributed by atoms with Crippen LogP contribution in [0.1, 0.15) is 34.1 Å². The third-order valence-electron chi connectivity index (χ3n) is 2.92. The molecule has 1 heterocycles. The van der Waals surface area contributed by atoms with Crippen LogP contribution < -0.4 is 5.73 Å². The lowest BCUT2D eigenvalue weighted by Crippen LogP contribution is -2.39. The van der Waals surface area contributed by atoms with Gasteiger partial charge in [-0.15, -0.1) is 0 Å².